The van der Waals surface area contributed by atoms with E-state index in [1.807, 2.05) is 0 Å². The first kappa shape index (κ1) is 19.2. The van der Waals surface area contributed by atoms with Gasteiger partial charge >= 0.3 is 0 Å². The van der Waals surface area contributed by atoms with Gasteiger partial charge in [0.2, 0.25) is 5.13 Å². The van der Waals surface area contributed by atoms with Gasteiger partial charge in [0.05, 0.1) is 19.8 Å². The lowest BCUT2D eigenvalue weighted by Crippen LogP contribution is -2.13. The molecule has 0 bridgehead atoms. The molecule has 6 nitrogen and oxygen atoms in total. The molecule has 0 saturated carbocycles. The number of thioether (sulfide) groups is 1. The third kappa shape index (κ3) is 4.99. The maximum absolute atomic E-state index is 12.6. The summed E-state index contributed by atoms with van der Waals surface area (Å²) in [5.74, 6) is 1.52. The van der Waals surface area contributed by atoms with Crippen molar-refractivity contribution in [2.45, 2.75) is 17.0 Å². The molecular formula is C19H19N3O3S2. The largest absolute Gasteiger partial charge is 0.497 e. The van der Waals surface area contributed by atoms with E-state index in [-0.39, 0.29) is 5.91 Å². The second-order valence-corrected chi connectivity index (χ2v) is 7.87. The number of hydrogen-bond acceptors (Lipinski definition) is 7. The summed E-state index contributed by atoms with van der Waals surface area (Å²) in [6, 6.07) is 13.4. The number of hydrogen-bond donors (Lipinski definition) is 1. The fourth-order valence-electron chi connectivity index (χ4n) is 2.30. The van der Waals surface area contributed by atoms with Gasteiger partial charge in [0, 0.05) is 5.75 Å². The lowest BCUT2D eigenvalue weighted by atomic mass is 10.2. The minimum absolute atomic E-state index is 0.322. The second kappa shape index (κ2) is 8.88. The van der Waals surface area contributed by atoms with E-state index in [1.165, 1.54) is 29.6 Å². The number of aromatic nitrogens is 2. The van der Waals surface area contributed by atoms with Crippen LogP contribution in [0.2, 0.25) is 0 Å². The Morgan fingerprint density at radius 3 is 2.59 bits per heavy atom. The van der Waals surface area contributed by atoms with Crippen molar-refractivity contribution in [1.29, 1.82) is 0 Å². The minimum Gasteiger partial charge on any atom is -0.497 e. The number of nitrogens with zero attached hydrogens (tertiary/aromatic N) is 2. The van der Waals surface area contributed by atoms with Gasteiger partial charge in [-0.2, -0.15) is 0 Å². The van der Waals surface area contributed by atoms with E-state index < -0.39 is 0 Å². The van der Waals surface area contributed by atoms with Crippen molar-refractivity contribution in [3.63, 3.8) is 0 Å². The number of rotatable bonds is 7. The number of anilines is 1. The van der Waals surface area contributed by atoms with Gasteiger partial charge in [0.15, 0.2) is 4.34 Å². The predicted molar refractivity (Wildman–Crippen MR) is 108 cm³/mol. The molecule has 27 heavy (non-hydrogen) atoms. The van der Waals surface area contributed by atoms with Gasteiger partial charge in [0.25, 0.3) is 5.91 Å². The number of nitrogens with one attached hydrogen (secondary N) is 1. The molecule has 1 amide bonds. The van der Waals surface area contributed by atoms with Crippen LogP contribution in [-0.2, 0) is 5.75 Å². The van der Waals surface area contributed by atoms with Crippen LogP contribution in [0.5, 0.6) is 11.5 Å². The zero-order valence-corrected chi connectivity index (χ0v) is 16.8. The Bertz CT molecular complexity index is 926. The number of carbonyl (C=O) groups excluding carboxylic acids is 1. The second-order valence-electron chi connectivity index (χ2n) is 5.67. The Morgan fingerprint density at radius 2 is 1.89 bits per heavy atom. The Labute approximate surface area is 165 Å². The first-order valence-corrected chi connectivity index (χ1v) is 9.94. The smallest absolute Gasteiger partial charge is 0.261 e. The molecule has 0 spiro atoms. The molecule has 0 radical (unpaired) electrons. The molecule has 0 aliphatic carbocycles. The summed E-state index contributed by atoms with van der Waals surface area (Å²) in [6.07, 6.45) is 0. The number of amides is 1. The van der Waals surface area contributed by atoms with Gasteiger partial charge in [0.1, 0.15) is 11.5 Å². The molecule has 3 aromatic rings. The SMILES string of the molecule is COc1ccc(OC)c(C(=O)Nc2nnc(SCc3ccc(C)cc3)s2)c1. The molecule has 8 heteroatoms. The van der Waals surface area contributed by atoms with Crippen LogP contribution in [-0.4, -0.2) is 30.3 Å². The molecule has 1 aromatic heterocycles. The summed E-state index contributed by atoms with van der Waals surface area (Å²) in [6.45, 7) is 2.06. The highest BCUT2D eigenvalue weighted by atomic mass is 32.2. The van der Waals surface area contributed by atoms with E-state index in [0.717, 1.165) is 10.1 Å². The highest BCUT2D eigenvalue weighted by Crippen LogP contribution is 2.30. The van der Waals surface area contributed by atoms with E-state index in [2.05, 4.69) is 46.7 Å². The summed E-state index contributed by atoms with van der Waals surface area (Å²) >= 11 is 2.92. The predicted octanol–water partition coefficient (Wildman–Crippen LogP) is 4.41. The number of ether oxygens (including phenoxy) is 2. The van der Waals surface area contributed by atoms with Crippen molar-refractivity contribution >= 4 is 34.1 Å². The van der Waals surface area contributed by atoms with Gasteiger partial charge in [-0.1, -0.05) is 52.9 Å². The van der Waals surface area contributed by atoms with Gasteiger partial charge in [-0.25, -0.2) is 0 Å². The first-order chi connectivity index (χ1) is 13.1. The van der Waals surface area contributed by atoms with Crippen molar-refractivity contribution in [2.24, 2.45) is 0 Å². The number of methoxy groups -OCH3 is 2. The number of aryl methyl sites for hydroxylation is 1. The Hall–Kier alpha value is -2.58. The van der Waals surface area contributed by atoms with Crippen molar-refractivity contribution in [2.75, 3.05) is 19.5 Å². The highest BCUT2D eigenvalue weighted by molar-refractivity contribution is 8.00. The van der Waals surface area contributed by atoms with E-state index in [1.54, 1.807) is 37.1 Å². The molecule has 0 aliphatic heterocycles. The van der Waals surface area contributed by atoms with Gasteiger partial charge < -0.3 is 9.47 Å². The van der Waals surface area contributed by atoms with Crippen molar-refractivity contribution in [1.82, 2.24) is 10.2 Å². The van der Waals surface area contributed by atoms with Crippen LogP contribution in [0.25, 0.3) is 0 Å². The molecular weight excluding hydrogens is 382 g/mol. The minimum atomic E-state index is -0.322. The lowest BCUT2D eigenvalue weighted by Gasteiger charge is -2.09. The van der Waals surface area contributed by atoms with Gasteiger partial charge in [-0.05, 0) is 30.7 Å². The Kier molecular flexibility index (Phi) is 6.31. The summed E-state index contributed by atoms with van der Waals surface area (Å²) in [5.41, 5.74) is 2.83. The fourth-order valence-corrected chi connectivity index (χ4v) is 4.01. The topological polar surface area (TPSA) is 73.3 Å². The molecule has 2 aromatic carbocycles. The molecule has 1 heterocycles. The monoisotopic (exact) mass is 401 g/mol. The van der Waals surface area contributed by atoms with Crippen LogP contribution in [0.4, 0.5) is 5.13 Å². The van der Waals surface area contributed by atoms with E-state index >= 15 is 0 Å². The lowest BCUT2D eigenvalue weighted by molar-refractivity contribution is 0.102. The Balaban J connectivity index is 1.65. The quantitative estimate of drug-likeness (QED) is 0.467. The molecule has 3 rings (SSSR count). The normalized spacial score (nSPS) is 10.5. The molecule has 0 aliphatic rings. The molecule has 0 saturated heterocycles. The van der Waals surface area contributed by atoms with Crippen molar-refractivity contribution < 1.29 is 14.3 Å². The zero-order chi connectivity index (χ0) is 19.2. The molecule has 0 fully saturated rings. The first-order valence-electron chi connectivity index (χ1n) is 8.14. The fraction of sp³-hybridized carbons (Fsp3) is 0.211. The van der Waals surface area contributed by atoms with E-state index in [0.29, 0.717) is 22.2 Å². The maximum atomic E-state index is 12.6. The van der Waals surface area contributed by atoms with Crippen LogP contribution in [0, 0.1) is 6.92 Å². The van der Waals surface area contributed by atoms with E-state index in [9.17, 15) is 4.79 Å². The molecule has 1 N–H and O–H groups in total. The number of carbonyl (C=O) groups is 1. The zero-order valence-electron chi connectivity index (χ0n) is 15.2. The summed E-state index contributed by atoms with van der Waals surface area (Å²) in [7, 11) is 3.06. The average Bonchev–Trinajstić information content (AvgIpc) is 3.14. The third-order valence-corrected chi connectivity index (χ3v) is 5.80. The maximum Gasteiger partial charge on any atom is 0.261 e. The highest BCUT2D eigenvalue weighted by Gasteiger charge is 2.16. The Morgan fingerprint density at radius 1 is 1.11 bits per heavy atom. The average molecular weight is 402 g/mol. The van der Waals surface area contributed by atoms with Gasteiger partial charge in [-0.15, -0.1) is 10.2 Å². The molecule has 0 atom stereocenters. The standard InChI is InChI=1S/C19H19N3O3S2/c1-12-4-6-13(7-5-12)11-26-19-22-21-18(27-19)20-17(23)15-10-14(24-2)8-9-16(15)25-3/h4-10H,11H2,1-3H3,(H,20,21,23). The molecule has 140 valence electrons. The third-order valence-electron chi connectivity index (χ3n) is 3.76. The molecule has 0 unspecified atom stereocenters. The summed E-state index contributed by atoms with van der Waals surface area (Å²) < 4.78 is 11.2. The van der Waals surface area contributed by atoms with Crippen LogP contribution < -0.4 is 14.8 Å². The van der Waals surface area contributed by atoms with Crippen molar-refractivity contribution in [3.8, 4) is 11.5 Å². The van der Waals surface area contributed by atoms with Gasteiger partial charge in [-0.3, -0.25) is 10.1 Å². The summed E-state index contributed by atoms with van der Waals surface area (Å²) in [4.78, 5) is 12.6. The summed E-state index contributed by atoms with van der Waals surface area (Å²) in [5, 5.41) is 11.4. The van der Waals surface area contributed by atoms with Crippen LogP contribution in [0.3, 0.4) is 0 Å². The van der Waals surface area contributed by atoms with Crippen molar-refractivity contribution in [3.05, 3.63) is 59.2 Å². The number of benzene rings is 2. The van der Waals surface area contributed by atoms with E-state index in [4.69, 9.17) is 9.47 Å². The van der Waals surface area contributed by atoms with Crippen LogP contribution in [0.15, 0.2) is 46.8 Å². The van der Waals surface area contributed by atoms with Crippen LogP contribution >= 0.6 is 23.1 Å². The van der Waals surface area contributed by atoms with Crippen LogP contribution in [0.1, 0.15) is 21.5 Å².